The van der Waals surface area contributed by atoms with Gasteiger partial charge in [0, 0.05) is 36.0 Å². The standard InChI is InChI=1S/C25H30O6/c1-4-29-21(28)16-12-14-11-15(26)5-8-22(14,2)25-18(30-25)13-23(3)17(20(16)25)6-9-24(23)10-7-19(27)31-24/h6,9,11,16-18,20H,4-5,7-8,10,12-13H2,1-3H3/t16?,17?,18-,20?,22+,23+,24-,25-/m1/s1. The number of hydrogen-bond donors (Lipinski definition) is 0. The Kier molecular flexibility index (Phi) is 3.74. The van der Waals surface area contributed by atoms with Gasteiger partial charge in [0.1, 0.15) is 11.2 Å². The molecule has 0 aromatic rings. The lowest BCUT2D eigenvalue weighted by Crippen LogP contribution is -2.63. The second-order valence-electron chi connectivity index (χ2n) is 10.8. The number of allylic oxidation sites excluding steroid dienone is 2. The first-order valence-electron chi connectivity index (χ1n) is 11.7. The summed E-state index contributed by atoms with van der Waals surface area (Å²) in [5.41, 5.74) is -0.574. The largest absolute Gasteiger partial charge is 0.466 e. The van der Waals surface area contributed by atoms with E-state index in [2.05, 4.69) is 26.0 Å². The van der Waals surface area contributed by atoms with E-state index in [-0.39, 0.29) is 52.4 Å². The van der Waals surface area contributed by atoms with Crippen LogP contribution in [0.5, 0.6) is 0 Å². The summed E-state index contributed by atoms with van der Waals surface area (Å²) in [5, 5.41) is 0. The van der Waals surface area contributed by atoms with Crippen LogP contribution in [0.2, 0.25) is 0 Å². The Balaban J connectivity index is 1.49. The van der Waals surface area contributed by atoms with Gasteiger partial charge in [0.25, 0.3) is 0 Å². The Morgan fingerprint density at radius 2 is 2.03 bits per heavy atom. The molecule has 6 aliphatic rings. The summed E-state index contributed by atoms with van der Waals surface area (Å²) in [6, 6.07) is 0. The zero-order valence-corrected chi connectivity index (χ0v) is 18.4. The molecule has 0 amide bonds. The van der Waals surface area contributed by atoms with Gasteiger partial charge in [0.15, 0.2) is 5.78 Å². The number of carbonyl (C=O) groups excluding carboxylic acids is 3. The highest BCUT2D eigenvalue weighted by molar-refractivity contribution is 5.92. The van der Waals surface area contributed by atoms with Gasteiger partial charge in [-0.15, -0.1) is 0 Å². The third-order valence-electron chi connectivity index (χ3n) is 9.76. The molecule has 2 heterocycles. The van der Waals surface area contributed by atoms with Gasteiger partial charge < -0.3 is 14.2 Å². The van der Waals surface area contributed by atoms with Crippen LogP contribution < -0.4 is 0 Å². The molecule has 6 heteroatoms. The van der Waals surface area contributed by atoms with E-state index in [0.717, 1.165) is 18.4 Å². The molecule has 0 radical (unpaired) electrons. The summed E-state index contributed by atoms with van der Waals surface area (Å²) in [7, 11) is 0. The van der Waals surface area contributed by atoms with E-state index >= 15 is 0 Å². The summed E-state index contributed by atoms with van der Waals surface area (Å²) < 4.78 is 18.1. The van der Waals surface area contributed by atoms with Gasteiger partial charge in [-0.25, -0.2) is 0 Å². The molecule has 2 saturated carbocycles. The summed E-state index contributed by atoms with van der Waals surface area (Å²) in [4.78, 5) is 37.6. The van der Waals surface area contributed by atoms with Crippen molar-refractivity contribution in [2.24, 2.45) is 28.6 Å². The first-order chi connectivity index (χ1) is 14.7. The van der Waals surface area contributed by atoms with Gasteiger partial charge in [-0.1, -0.05) is 25.5 Å². The summed E-state index contributed by atoms with van der Waals surface area (Å²) >= 11 is 0. The maximum Gasteiger partial charge on any atom is 0.309 e. The number of rotatable bonds is 2. The molecule has 0 bridgehead atoms. The molecule has 166 valence electrons. The normalized spacial score (nSPS) is 51.4. The van der Waals surface area contributed by atoms with Crippen LogP contribution in [0, 0.1) is 28.6 Å². The minimum absolute atomic E-state index is 0.00587. The van der Waals surface area contributed by atoms with Crippen LogP contribution >= 0.6 is 0 Å². The second kappa shape index (κ2) is 5.89. The molecule has 4 fully saturated rings. The van der Waals surface area contributed by atoms with E-state index in [1.54, 1.807) is 6.08 Å². The van der Waals surface area contributed by atoms with Crippen LogP contribution in [-0.2, 0) is 28.6 Å². The smallest absolute Gasteiger partial charge is 0.309 e. The molecule has 3 unspecified atom stereocenters. The predicted molar refractivity (Wildman–Crippen MR) is 110 cm³/mol. The third-order valence-corrected chi connectivity index (χ3v) is 9.76. The molecule has 8 atom stereocenters. The molecule has 31 heavy (non-hydrogen) atoms. The van der Waals surface area contributed by atoms with Crippen molar-refractivity contribution in [3.05, 3.63) is 23.8 Å². The van der Waals surface area contributed by atoms with Crippen molar-refractivity contribution in [1.82, 2.24) is 0 Å². The van der Waals surface area contributed by atoms with Gasteiger partial charge >= 0.3 is 11.9 Å². The average molecular weight is 427 g/mol. The molecule has 0 aromatic carbocycles. The molecule has 6 nitrogen and oxygen atoms in total. The SMILES string of the molecule is CCOC(=O)C1CC2=CC(=O)CC[C@]2(C)[C@@]23O[C@@H]2C[C@@]2(C)C(C=C[C@@]24CCC(=O)O4)C13. The van der Waals surface area contributed by atoms with Gasteiger partial charge in [-0.3, -0.25) is 14.4 Å². The fourth-order valence-electron chi connectivity index (χ4n) is 8.16. The van der Waals surface area contributed by atoms with E-state index in [1.165, 1.54) is 0 Å². The number of ketones is 1. The number of carbonyl (C=O) groups is 3. The van der Waals surface area contributed by atoms with Crippen molar-refractivity contribution in [2.45, 2.75) is 76.6 Å². The molecular formula is C25H30O6. The minimum atomic E-state index is -0.606. The molecule has 2 spiro atoms. The van der Waals surface area contributed by atoms with E-state index in [0.29, 0.717) is 32.3 Å². The van der Waals surface area contributed by atoms with Gasteiger partial charge in [0.2, 0.25) is 0 Å². The van der Waals surface area contributed by atoms with Crippen molar-refractivity contribution in [2.75, 3.05) is 6.61 Å². The van der Waals surface area contributed by atoms with Gasteiger partial charge in [-0.2, -0.15) is 0 Å². The maximum absolute atomic E-state index is 13.2. The Morgan fingerprint density at radius 1 is 1.23 bits per heavy atom. The van der Waals surface area contributed by atoms with Crippen LogP contribution in [0.4, 0.5) is 0 Å². The fourth-order valence-corrected chi connectivity index (χ4v) is 8.16. The monoisotopic (exact) mass is 426 g/mol. The van der Waals surface area contributed by atoms with Crippen molar-refractivity contribution >= 4 is 17.7 Å². The number of ether oxygens (including phenoxy) is 3. The van der Waals surface area contributed by atoms with Crippen molar-refractivity contribution in [3.63, 3.8) is 0 Å². The quantitative estimate of drug-likeness (QED) is 0.383. The van der Waals surface area contributed by atoms with Crippen molar-refractivity contribution < 1.29 is 28.6 Å². The van der Waals surface area contributed by atoms with Crippen LogP contribution in [0.25, 0.3) is 0 Å². The Morgan fingerprint density at radius 3 is 2.74 bits per heavy atom. The predicted octanol–water partition coefficient (Wildman–Crippen LogP) is 3.29. The Labute approximate surface area is 182 Å². The van der Waals surface area contributed by atoms with Crippen LogP contribution in [0.3, 0.4) is 0 Å². The summed E-state index contributed by atoms with van der Waals surface area (Å²) in [5.74, 6) is -0.571. The first kappa shape index (κ1) is 19.7. The maximum atomic E-state index is 13.2. The lowest BCUT2D eigenvalue weighted by atomic mass is 9.43. The van der Waals surface area contributed by atoms with Crippen molar-refractivity contribution in [1.29, 1.82) is 0 Å². The number of epoxide rings is 1. The van der Waals surface area contributed by atoms with Gasteiger partial charge in [-0.05, 0) is 44.3 Å². The number of esters is 2. The average Bonchev–Trinajstić information content (AvgIpc) is 3.20. The van der Waals surface area contributed by atoms with E-state index in [4.69, 9.17) is 14.2 Å². The highest BCUT2D eigenvalue weighted by Gasteiger charge is 2.82. The second-order valence-corrected chi connectivity index (χ2v) is 10.8. The highest BCUT2D eigenvalue weighted by atomic mass is 16.6. The molecular weight excluding hydrogens is 396 g/mol. The summed E-state index contributed by atoms with van der Waals surface area (Å²) in [6.45, 7) is 6.59. The number of fused-ring (bicyclic) bond motifs is 4. The lowest BCUT2D eigenvalue weighted by Gasteiger charge is -2.58. The zero-order chi connectivity index (χ0) is 21.8. The third kappa shape index (κ3) is 2.15. The van der Waals surface area contributed by atoms with E-state index < -0.39 is 11.2 Å². The van der Waals surface area contributed by atoms with Crippen LogP contribution in [0.15, 0.2) is 23.8 Å². The first-order valence-corrected chi connectivity index (χ1v) is 11.7. The molecule has 2 aliphatic heterocycles. The topological polar surface area (TPSA) is 82.2 Å². The Bertz CT molecular complexity index is 965. The zero-order valence-electron chi connectivity index (χ0n) is 18.4. The fraction of sp³-hybridized carbons (Fsp3) is 0.720. The van der Waals surface area contributed by atoms with E-state index in [9.17, 15) is 14.4 Å². The van der Waals surface area contributed by atoms with Crippen molar-refractivity contribution in [3.8, 4) is 0 Å². The Hall–Kier alpha value is -1.95. The molecule has 0 N–H and O–H groups in total. The highest BCUT2D eigenvalue weighted by Crippen LogP contribution is 2.77. The van der Waals surface area contributed by atoms with Crippen LogP contribution in [-0.4, -0.2) is 41.6 Å². The molecule has 6 rings (SSSR count). The van der Waals surface area contributed by atoms with Crippen LogP contribution in [0.1, 0.15) is 59.3 Å². The van der Waals surface area contributed by atoms with E-state index in [1.807, 2.05) is 6.92 Å². The number of hydrogen-bond acceptors (Lipinski definition) is 6. The van der Waals surface area contributed by atoms with Gasteiger partial charge in [0.05, 0.1) is 18.6 Å². The lowest BCUT2D eigenvalue weighted by molar-refractivity contribution is -0.169. The minimum Gasteiger partial charge on any atom is -0.466 e. The summed E-state index contributed by atoms with van der Waals surface area (Å²) in [6.07, 6.45) is 9.79. The molecule has 4 aliphatic carbocycles. The molecule has 2 saturated heterocycles. The molecule has 0 aromatic heterocycles.